The van der Waals surface area contributed by atoms with Crippen LogP contribution in [-0.4, -0.2) is 11.9 Å². The first-order valence-electron chi connectivity index (χ1n) is 8.06. The molecule has 0 radical (unpaired) electrons. The lowest BCUT2D eigenvalue weighted by atomic mass is 10.0. The molecule has 0 aromatic heterocycles. The van der Waals surface area contributed by atoms with E-state index in [0.717, 1.165) is 24.3 Å². The number of guanidine groups is 1. The van der Waals surface area contributed by atoms with Crippen LogP contribution in [0, 0.1) is 0 Å². The molecular weight excluding hydrogens is 420 g/mol. The van der Waals surface area contributed by atoms with E-state index in [0.29, 0.717) is 17.8 Å². The van der Waals surface area contributed by atoms with E-state index >= 15 is 0 Å². The van der Waals surface area contributed by atoms with Gasteiger partial charge in [0.1, 0.15) is 0 Å². The summed E-state index contributed by atoms with van der Waals surface area (Å²) < 4.78 is 80.4. The van der Waals surface area contributed by atoms with Crippen molar-refractivity contribution in [1.82, 2.24) is 0 Å². The van der Waals surface area contributed by atoms with E-state index in [-0.39, 0.29) is 17.5 Å². The van der Waals surface area contributed by atoms with Crippen molar-refractivity contribution in [3.05, 3.63) is 58.7 Å². The van der Waals surface area contributed by atoms with E-state index in [1.165, 1.54) is 6.07 Å². The lowest BCUT2D eigenvalue weighted by molar-refractivity contribution is -0.140. The minimum atomic E-state index is -4.92. The fourth-order valence-electron chi connectivity index (χ4n) is 2.51. The van der Waals surface area contributed by atoms with E-state index in [9.17, 15) is 31.1 Å². The number of nitrogens with zero attached hydrogens (tertiary/aromatic N) is 1. The van der Waals surface area contributed by atoms with E-state index < -0.39 is 45.1 Å². The van der Waals surface area contributed by atoms with Crippen molar-refractivity contribution in [2.24, 2.45) is 16.5 Å². The number of halogens is 6. The van der Waals surface area contributed by atoms with Crippen LogP contribution in [0.3, 0.4) is 0 Å². The monoisotopic (exact) mass is 435 g/mol. The van der Waals surface area contributed by atoms with Gasteiger partial charge in [0.25, 0.3) is 5.91 Å². The second kappa shape index (κ2) is 8.36. The number of amides is 1. The standard InChI is InChI=1S/C18H15F6N3OS/c1-2-9-7-14(29-13-6-4-3-5-11(13)17(19,20)21)12(18(22,23)24)8-10(9)15(28)27-16(25)26/h3-8H,2H2,1H3,(H4,25,26,27,28). The van der Waals surface area contributed by atoms with Gasteiger partial charge in [-0.2, -0.15) is 31.3 Å². The van der Waals surface area contributed by atoms with Crippen molar-refractivity contribution in [2.45, 2.75) is 35.5 Å². The smallest absolute Gasteiger partial charge is 0.370 e. The molecule has 0 unspecified atom stereocenters. The summed E-state index contributed by atoms with van der Waals surface area (Å²) in [5, 5.41) is 0. The van der Waals surface area contributed by atoms with Crippen molar-refractivity contribution >= 4 is 23.6 Å². The highest BCUT2D eigenvalue weighted by molar-refractivity contribution is 7.99. The Bertz CT molecular complexity index is 950. The number of hydrogen-bond donors (Lipinski definition) is 2. The predicted octanol–water partition coefficient (Wildman–Crippen LogP) is 4.85. The first kappa shape index (κ1) is 22.6. The quantitative estimate of drug-likeness (QED) is 0.409. The Balaban J connectivity index is 2.67. The largest absolute Gasteiger partial charge is 0.417 e. The molecule has 0 saturated heterocycles. The van der Waals surface area contributed by atoms with Crippen LogP contribution in [-0.2, 0) is 18.8 Å². The van der Waals surface area contributed by atoms with Crippen LogP contribution in [0.1, 0.15) is 34.0 Å². The van der Waals surface area contributed by atoms with E-state index in [4.69, 9.17) is 11.5 Å². The van der Waals surface area contributed by atoms with Crippen molar-refractivity contribution in [1.29, 1.82) is 0 Å². The number of benzene rings is 2. The highest BCUT2D eigenvalue weighted by Gasteiger charge is 2.37. The fourth-order valence-corrected chi connectivity index (χ4v) is 3.67. The molecule has 0 aliphatic heterocycles. The van der Waals surface area contributed by atoms with E-state index in [1.54, 1.807) is 6.92 Å². The number of rotatable bonds is 4. The normalized spacial score (nSPS) is 12.0. The summed E-state index contributed by atoms with van der Waals surface area (Å²) in [5.74, 6) is -1.69. The Kier molecular flexibility index (Phi) is 6.51. The zero-order valence-electron chi connectivity index (χ0n) is 14.9. The van der Waals surface area contributed by atoms with Gasteiger partial charge in [-0.25, -0.2) is 0 Å². The van der Waals surface area contributed by atoms with E-state index in [2.05, 4.69) is 4.99 Å². The molecule has 1 amide bonds. The molecule has 0 fully saturated rings. The fraction of sp³-hybridized carbons (Fsp3) is 0.222. The van der Waals surface area contributed by atoms with Crippen LogP contribution in [0.15, 0.2) is 51.2 Å². The first-order valence-corrected chi connectivity index (χ1v) is 8.88. The predicted molar refractivity (Wildman–Crippen MR) is 96.5 cm³/mol. The number of alkyl halides is 6. The van der Waals surface area contributed by atoms with Crippen LogP contribution in [0.5, 0.6) is 0 Å². The molecule has 156 valence electrons. The Hall–Kier alpha value is -2.69. The third-order valence-corrected chi connectivity index (χ3v) is 4.90. The van der Waals surface area contributed by atoms with Gasteiger partial charge in [0.2, 0.25) is 0 Å². The third-order valence-electron chi connectivity index (χ3n) is 3.77. The van der Waals surface area contributed by atoms with Crippen molar-refractivity contribution in [2.75, 3.05) is 0 Å². The second-order valence-electron chi connectivity index (χ2n) is 5.79. The molecule has 0 heterocycles. The molecule has 4 nitrogen and oxygen atoms in total. The molecule has 0 saturated carbocycles. The number of aryl methyl sites for hydroxylation is 1. The summed E-state index contributed by atoms with van der Waals surface area (Å²) in [6.45, 7) is 1.58. The lowest BCUT2D eigenvalue weighted by Crippen LogP contribution is -2.24. The van der Waals surface area contributed by atoms with Gasteiger partial charge in [-0.1, -0.05) is 30.8 Å². The minimum absolute atomic E-state index is 0.133. The molecule has 2 aromatic rings. The molecule has 0 atom stereocenters. The highest BCUT2D eigenvalue weighted by Crippen LogP contribution is 2.44. The van der Waals surface area contributed by atoms with Crippen molar-refractivity contribution in [3.63, 3.8) is 0 Å². The number of carbonyl (C=O) groups excluding carboxylic acids is 1. The topological polar surface area (TPSA) is 81.5 Å². The molecule has 11 heteroatoms. The lowest BCUT2D eigenvalue weighted by Gasteiger charge is -2.18. The Morgan fingerprint density at radius 2 is 1.55 bits per heavy atom. The van der Waals surface area contributed by atoms with Gasteiger partial charge in [0.15, 0.2) is 5.96 Å². The van der Waals surface area contributed by atoms with Crippen molar-refractivity contribution in [3.8, 4) is 0 Å². The summed E-state index contributed by atoms with van der Waals surface area (Å²) in [7, 11) is 0. The Morgan fingerprint density at radius 3 is 2.07 bits per heavy atom. The molecule has 2 aromatic carbocycles. The van der Waals surface area contributed by atoms with Gasteiger partial charge in [0.05, 0.1) is 11.1 Å². The van der Waals surface area contributed by atoms with Crippen LogP contribution >= 0.6 is 11.8 Å². The highest BCUT2D eigenvalue weighted by atomic mass is 32.2. The average molecular weight is 435 g/mol. The van der Waals surface area contributed by atoms with Gasteiger partial charge in [-0.3, -0.25) is 4.79 Å². The van der Waals surface area contributed by atoms with Gasteiger partial charge in [-0.15, -0.1) is 0 Å². The maximum Gasteiger partial charge on any atom is 0.417 e. The summed E-state index contributed by atoms with van der Waals surface area (Å²) in [6.07, 6.45) is -9.53. The summed E-state index contributed by atoms with van der Waals surface area (Å²) >= 11 is 0.322. The average Bonchev–Trinajstić information content (AvgIpc) is 2.59. The second-order valence-corrected chi connectivity index (χ2v) is 6.88. The number of nitrogens with two attached hydrogens (primary N) is 2. The Labute approximate surface area is 166 Å². The third kappa shape index (κ3) is 5.43. The zero-order valence-corrected chi connectivity index (χ0v) is 15.7. The molecular formula is C18H15F6N3OS. The van der Waals surface area contributed by atoms with Crippen molar-refractivity contribution < 1.29 is 31.1 Å². The summed E-state index contributed by atoms with van der Waals surface area (Å²) in [5.41, 5.74) is 7.70. The first-order chi connectivity index (χ1) is 13.3. The number of carbonyl (C=O) groups is 1. The molecule has 0 spiro atoms. The van der Waals surface area contributed by atoms with Crippen LogP contribution in [0.25, 0.3) is 0 Å². The van der Waals surface area contributed by atoms with Gasteiger partial charge < -0.3 is 11.5 Å². The van der Waals surface area contributed by atoms with Gasteiger partial charge in [0, 0.05) is 15.4 Å². The number of aliphatic imine (C=N–C) groups is 1. The molecule has 2 rings (SSSR count). The van der Waals surface area contributed by atoms with Crippen LogP contribution in [0.2, 0.25) is 0 Å². The maximum absolute atomic E-state index is 13.6. The molecule has 0 aliphatic rings. The van der Waals surface area contributed by atoms with Crippen LogP contribution in [0.4, 0.5) is 26.3 Å². The van der Waals surface area contributed by atoms with Gasteiger partial charge >= 0.3 is 12.4 Å². The molecule has 29 heavy (non-hydrogen) atoms. The SMILES string of the molecule is CCc1cc(Sc2ccccc2C(F)(F)F)c(C(F)(F)F)cc1C(=O)N=C(N)N. The summed E-state index contributed by atoms with van der Waals surface area (Å²) in [4.78, 5) is 14.5. The van der Waals surface area contributed by atoms with Gasteiger partial charge in [-0.05, 0) is 36.2 Å². The minimum Gasteiger partial charge on any atom is -0.370 e. The van der Waals surface area contributed by atoms with E-state index in [1.807, 2.05) is 0 Å². The molecule has 4 N–H and O–H groups in total. The number of hydrogen-bond acceptors (Lipinski definition) is 2. The van der Waals surface area contributed by atoms with Crippen LogP contribution < -0.4 is 11.5 Å². The summed E-state index contributed by atoms with van der Waals surface area (Å²) in [6, 6.07) is 5.90. The Morgan fingerprint density at radius 1 is 0.966 bits per heavy atom. The zero-order chi connectivity index (χ0) is 22.0. The molecule has 0 aliphatic carbocycles. The maximum atomic E-state index is 13.6. The molecule has 0 bridgehead atoms.